The SMILES string of the molecule is C#Cc1nc2ccc(N3CCOCC3)cc2n1-c1ccc(C)c(Cl)c1. The summed E-state index contributed by atoms with van der Waals surface area (Å²) in [5.74, 6) is 3.27. The van der Waals surface area contributed by atoms with Crippen LogP contribution in [0.5, 0.6) is 0 Å². The summed E-state index contributed by atoms with van der Waals surface area (Å²) in [5, 5.41) is 0.714. The predicted octanol–water partition coefficient (Wildman–Crippen LogP) is 3.81. The van der Waals surface area contributed by atoms with Crippen molar-refractivity contribution in [3.05, 3.63) is 52.8 Å². The van der Waals surface area contributed by atoms with Crippen molar-refractivity contribution in [2.24, 2.45) is 0 Å². The van der Waals surface area contributed by atoms with Crippen LogP contribution in [0.15, 0.2) is 36.4 Å². The van der Waals surface area contributed by atoms with Gasteiger partial charge in [-0.3, -0.25) is 4.57 Å². The molecule has 3 aromatic rings. The molecule has 0 radical (unpaired) electrons. The fourth-order valence-corrected chi connectivity index (χ4v) is 3.34. The molecule has 2 aromatic carbocycles. The largest absolute Gasteiger partial charge is 0.378 e. The molecule has 0 aliphatic carbocycles. The highest BCUT2D eigenvalue weighted by Gasteiger charge is 2.16. The molecule has 0 saturated carbocycles. The van der Waals surface area contributed by atoms with E-state index >= 15 is 0 Å². The molecule has 0 atom stereocenters. The van der Waals surface area contributed by atoms with Gasteiger partial charge >= 0.3 is 0 Å². The van der Waals surface area contributed by atoms with E-state index in [1.807, 2.05) is 35.8 Å². The summed E-state index contributed by atoms with van der Waals surface area (Å²) in [6.45, 7) is 5.26. The smallest absolute Gasteiger partial charge is 0.190 e. The molecule has 0 spiro atoms. The lowest BCUT2D eigenvalue weighted by atomic mass is 10.2. The number of hydrogen-bond acceptors (Lipinski definition) is 3. The summed E-state index contributed by atoms with van der Waals surface area (Å²) >= 11 is 6.32. The highest BCUT2D eigenvalue weighted by molar-refractivity contribution is 6.31. The molecule has 0 amide bonds. The standard InChI is InChI=1S/C20H18ClN3O/c1-3-20-22-18-7-6-15(23-8-10-25-11-9-23)13-19(18)24(20)16-5-4-14(2)17(21)12-16/h1,4-7,12-13H,8-11H2,2H3. The number of nitrogens with zero attached hydrogens (tertiary/aromatic N) is 3. The van der Waals surface area contributed by atoms with Gasteiger partial charge in [-0.1, -0.05) is 17.7 Å². The first-order valence-electron chi connectivity index (χ1n) is 8.26. The van der Waals surface area contributed by atoms with E-state index in [0.717, 1.165) is 54.3 Å². The number of terminal acetylenes is 1. The first-order chi connectivity index (χ1) is 12.2. The fourth-order valence-electron chi connectivity index (χ4n) is 3.16. The molecule has 1 aromatic heterocycles. The number of aromatic nitrogens is 2. The Morgan fingerprint density at radius 1 is 1.12 bits per heavy atom. The Morgan fingerprint density at radius 3 is 2.60 bits per heavy atom. The number of hydrogen-bond donors (Lipinski definition) is 0. The lowest BCUT2D eigenvalue weighted by molar-refractivity contribution is 0.122. The fraction of sp³-hybridized carbons (Fsp3) is 0.250. The van der Waals surface area contributed by atoms with E-state index in [1.54, 1.807) is 0 Å². The average Bonchev–Trinajstić information content (AvgIpc) is 3.02. The van der Waals surface area contributed by atoms with Gasteiger partial charge in [0, 0.05) is 29.5 Å². The number of anilines is 1. The average molecular weight is 352 g/mol. The van der Waals surface area contributed by atoms with Crippen LogP contribution >= 0.6 is 11.6 Å². The van der Waals surface area contributed by atoms with Crippen LogP contribution in [-0.4, -0.2) is 35.9 Å². The van der Waals surface area contributed by atoms with E-state index in [-0.39, 0.29) is 0 Å². The first kappa shape index (κ1) is 16.0. The van der Waals surface area contributed by atoms with E-state index in [4.69, 9.17) is 22.8 Å². The van der Waals surface area contributed by atoms with Crippen molar-refractivity contribution in [1.82, 2.24) is 9.55 Å². The predicted molar refractivity (Wildman–Crippen MR) is 102 cm³/mol. The lowest BCUT2D eigenvalue weighted by Gasteiger charge is -2.28. The molecule has 1 aliphatic rings. The van der Waals surface area contributed by atoms with E-state index in [9.17, 15) is 0 Å². The second-order valence-electron chi connectivity index (χ2n) is 6.12. The van der Waals surface area contributed by atoms with Gasteiger partial charge in [0.15, 0.2) is 5.82 Å². The van der Waals surface area contributed by atoms with Gasteiger partial charge in [0.05, 0.1) is 24.2 Å². The monoisotopic (exact) mass is 351 g/mol. The van der Waals surface area contributed by atoms with Gasteiger partial charge in [-0.25, -0.2) is 4.98 Å². The zero-order valence-corrected chi connectivity index (χ0v) is 14.8. The summed E-state index contributed by atoms with van der Waals surface area (Å²) in [4.78, 5) is 6.90. The number of rotatable bonds is 2. The third-order valence-corrected chi connectivity index (χ3v) is 4.96. The Balaban J connectivity index is 1.89. The minimum Gasteiger partial charge on any atom is -0.378 e. The van der Waals surface area contributed by atoms with Crippen molar-refractivity contribution < 1.29 is 4.74 Å². The van der Waals surface area contributed by atoms with Crippen LogP contribution in [0, 0.1) is 19.3 Å². The van der Waals surface area contributed by atoms with Crippen LogP contribution in [0.3, 0.4) is 0 Å². The van der Waals surface area contributed by atoms with Crippen LogP contribution in [-0.2, 0) is 4.74 Å². The van der Waals surface area contributed by atoms with Crippen molar-refractivity contribution in [1.29, 1.82) is 0 Å². The van der Waals surface area contributed by atoms with Crippen molar-refractivity contribution in [2.45, 2.75) is 6.92 Å². The Bertz CT molecular complexity index is 981. The molecule has 0 N–H and O–H groups in total. The Hall–Kier alpha value is -2.48. The van der Waals surface area contributed by atoms with Crippen molar-refractivity contribution in [2.75, 3.05) is 31.2 Å². The number of morpholine rings is 1. The second kappa shape index (κ2) is 6.44. The molecule has 0 bridgehead atoms. The van der Waals surface area contributed by atoms with E-state index in [2.05, 4.69) is 27.9 Å². The molecule has 1 saturated heterocycles. The van der Waals surface area contributed by atoms with Gasteiger partial charge in [0.1, 0.15) is 0 Å². The Kier molecular flexibility index (Phi) is 4.12. The second-order valence-corrected chi connectivity index (χ2v) is 6.53. The summed E-state index contributed by atoms with van der Waals surface area (Å²) in [6.07, 6.45) is 5.71. The summed E-state index contributed by atoms with van der Waals surface area (Å²) < 4.78 is 7.44. The number of aryl methyl sites for hydroxylation is 1. The van der Waals surface area contributed by atoms with Gasteiger partial charge in [-0.05, 0) is 48.7 Å². The summed E-state index contributed by atoms with van der Waals surface area (Å²) in [6, 6.07) is 12.2. The van der Waals surface area contributed by atoms with Crippen LogP contribution in [0.2, 0.25) is 5.02 Å². The molecule has 4 rings (SSSR count). The molecule has 1 aliphatic heterocycles. The summed E-state index contributed by atoms with van der Waals surface area (Å²) in [5.41, 5.74) is 4.97. The maximum atomic E-state index is 6.32. The van der Waals surface area contributed by atoms with Crippen molar-refractivity contribution in [3.63, 3.8) is 0 Å². The zero-order chi connectivity index (χ0) is 17.4. The van der Waals surface area contributed by atoms with Crippen LogP contribution < -0.4 is 4.90 Å². The van der Waals surface area contributed by atoms with Gasteiger partial charge in [-0.2, -0.15) is 0 Å². The third-order valence-electron chi connectivity index (χ3n) is 4.56. The highest BCUT2D eigenvalue weighted by atomic mass is 35.5. The number of imidazole rings is 1. The van der Waals surface area contributed by atoms with E-state index in [1.165, 1.54) is 0 Å². The Labute approximate surface area is 152 Å². The minimum absolute atomic E-state index is 0.578. The third kappa shape index (κ3) is 2.86. The highest BCUT2D eigenvalue weighted by Crippen LogP contribution is 2.28. The molecule has 5 heteroatoms. The number of fused-ring (bicyclic) bond motifs is 1. The summed E-state index contributed by atoms with van der Waals surface area (Å²) in [7, 11) is 0. The van der Waals surface area contributed by atoms with Gasteiger partial charge < -0.3 is 9.64 Å². The normalized spacial score (nSPS) is 14.7. The van der Waals surface area contributed by atoms with Crippen LogP contribution in [0.4, 0.5) is 5.69 Å². The molecule has 25 heavy (non-hydrogen) atoms. The molecule has 2 heterocycles. The number of halogens is 1. The maximum Gasteiger partial charge on any atom is 0.190 e. The van der Waals surface area contributed by atoms with Gasteiger partial charge in [0.2, 0.25) is 0 Å². The zero-order valence-electron chi connectivity index (χ0n) is 14.0. The molecule has 4 nitrogen and oxygen atoms in total. The molecular formula is C20H18ClN3O. The molecule has 1 fully saturated rings. The Morgan fingerprint density at radius 2 is 1.88 bits per heavy atom. The number of benzene rings is 2. The van der Waals surface area contributed by atoms with Crippen LogP contribution in [0.1, 0.15) is 11.4 Å². The van der Waals surface area contributed by atoms with Crippen LogP contribution in [0.25, 0.3) is 16.7 Å². The topological polar surface area (TPSA) is 30.3 Å². The van der Waals surface area contributed by atoms with Gasteiger partial charge in [0.25, 0.3) is 0 Å². The minimum atomic E-state index is 0.578. The number of ether oxygens (including phenoxy) is 1. The maximum absolute atomic E-state index is 6.32. The quantitative estimate of drug-likeness (QED) is 0.658. The van der Waals surface area contributed by atoms with Crippen molar-refractivity contribution in [3.8, 4) is 18.0 Å². The van der Waals surface area contributed by atoms with Crippen molar-refractivity contribution >= 4 is 28.3 Å². The molecule has 126 valence electrons. The van der Waals surface area contributed by atoms with E-state index in [0.29, 0.717) is 10.8 Å². The lowest BCUT2D eigenvalue weighted by Crippen LogP contribution is -2.36. The van der Waals surface area contributed by atoms with E-state index < -0.39 is 0 Å². The molecular weight excluding hydrogens is 334 g/mol. The first-order valence-corrected chi connectivity index (χ1v) is 8.63. The molecule has 0 unspecified atom stereocenters. The van der Waals surface area contributed by atoms with Gasteiger partial charge in [-0.15, -0.1) is 6.42 Å².